The maximum Gasteiger partial charge on any atom is 0.324 e. The first-order valence-electron chi connectivity index (χ1n) is 6.04. The standard InChI is InChI=1S/C14H20N2O2/c1-5-16(13(18)15-14(2,3)4)12(17)11-9-7-6-8-10-11/h6-10H,5H2,1-4H3,(H,15,18). The van der Waals surface area contributed by atoms with Gasteiger partial charge < -0.3 is 5.32 Å². The van der Waals surface area contributed by atoms with Crippen LogP contribution in [0.25, 0.3) is 0 Å². The Morgan fingerprint density at radius 1 is 1.17 bits per heavy atom. The largest absolute Gasteiger partial charge is 0.333 e. The van der Waals surface area contributed by atoms with Gasteiger partial charge in [0.15, 0.2) is 0 Å². The lowest BCUT2D eigenvalue weighted by atomic mass is 10.1. The van der Waals surface area contributed by atoms with Gasteiger partial charge in [-0.15, -0.1) is 0 Å². The molecule has 0 aliphatic rings. The SMILES string of the molecule is CCN(C(=O)NC(C)(C)C)C(=O)c1ccccc1. The van der Waals surface area contributed by atoms with Gasteiger partial charge in [0, 0.05) is 17.6 Å². The Kier molecular flexibility index (Phi) is 4.48. The molecule has 0 bridgehead atoms. The third kappa shape index (κ3) is 3.87. The molecule has 0 aromatic heterocycles. The van der Waals surface area contributed by atoms with Gasteiger partial charge in [0.05, 0.1) is 0 Å². The van der Waals surface area contributed by atoms with Crippen LogP contribution in [0.15, 0.2) is 30.3 Å². The highest BCUT2D eigenvalue weighted by Gasteiger charge is 2.24. The van der Waals surface area contributed by atoms with Crippen molar-refractivity contribution in [3.05, 3.63) is 35.9 Å². The monoisotopic (exact) mass is 248 g/mol. The molecule has 18 heavy (non-hydrogen) atoms. The number of carbonyl (C=O) groups excluding carboxylic acids is 2. The summed E-state index contributed by atoms with van der Waals surface area (Å²) in [5, 5.41) is 2.79. The number of carbonyl (C=O) groups is 2. The van der Waals surface area contributed by atoms with E-state index in [4.69, 9.17) is 0 Å². The van der Waals surface area contributed by atoms with E-state index < -0.39 is 0 Å². The van der Waals surface area contributed by atoms with Crippen molar-refractivity contribution in [1.82, 2.24) is 10.2 Å². The summed E-state index contributed by atoms with van der Waals surface area (Å²) >= 11 is 0. The van der Waals surface area contributed by atoms with Gasteiger partial charge in [-0.3, -0.25) is 9.69 Å². The van der Waals surface area contributed by atoms with Crippen LogP contribution in [0.5, 0.6) is 0 Å². The van der Waals surface area contributed by atoms with E-state index in [-0.39, 0.29) is 17.5 Å². The van der Waals surface area contributed by atoms with Crippen molar-refractivity contribution in [2.75, 3.05) is 6.54 Å². The van der Waals surface area contributed by atoms with E-state index >= 15 is 0 Å². The Labute approximate surface area is 108 Å². The molecule has 3 amide bonds. The van der Waals surface area contributed by atoms with Gasteiger partial charge in [0.25, 0.3) is 5.91 Å². The smallest absolute Gasteiger partial charge is 0.324 e. The Balaban J connectivity index is 2.84. The van der Waals surface area contributed by atoms with Crippen LogP contribution in [0.3, 0.4) is 0 Å². The summed E-state index contributed by atoms with van der Waals surface area (Å²) in [4.78, 5) is 25.4. The van der Waals surface area contributed by atoms with E-state index in [0.29, 0.717) is 12.1 Å². The molecular weight excluding hydrogens is 228 g/mol. The molecule has 1 N–H and O–H groups in total. The van der Waals surface area contributed by atoms with Crippen molar-refractivity contribution >= 4 is 11.9 Å². The summed E-state index contributed by atoms with van der Waals surface area (Å²) in [6.45, 7) is 7.77. The summed E-state index contributed by atoms with van der Waals surface area (Å²) in [7, 11) is 0. The fourth-order valence-corrected chi connectivity index (χ4v) is 1.50. The van der Waals surface area contributed by atoms with Gasteiger partial charge in [-0.05, 0) is 39.8 Å². The molecule has 0 radical (unpaired) electrons. The van der Waals surface area contributed by atoms with Crippen LogP contribution in [-0.4, -0.2) is 28.9 Å². The minimum absolute atomic E-state index is 0.278. The van der Waals surface area contributed by atoms with Gasteiger partial charge in [-0.25, -0.2) is 4.79 Å². The fraction of sp³-hybridized carbons (Fsp3) is 0.429. The second kappa shape index (κ2) is 5.67. The quantitative estimate of drug-likeness (QED) is 0.874. The molecule has 1 aromatic rings. The molecule has 98 valence electrons. The minimum atomic E-state index is -0.362. The van der Waals surface area contributed by atoms with E-state index in [2.05, 4.69) is 5.32 Å². The maximum absolute atomic E-state index is 12.2. The maximum atomic E-state index is 12.2. The summed E-state index contributed by atoms with van der Waals surface area (Å²) in [6, 6.07) is 8.44. The van der Waals surface area contributed by atoms with Crippen LogP contribution in [0.4, 0.5) is 4.79 Å². The Hall–Kier alpha value is -1.84. The first-order valence-corrected chi connectivity index (χ1v) is 6.04. The van der Waals surface area contributed by atoms with Crippen molar-refractivity contribution in [2.45, 2.75) is 33.2 Å². The second-order valence-electron chi connectivity index (χ2n) is 5.10. The van der Waals surface area contributed by atoms with Gasteiger partial charge in [0.1, 0.15) is 0 Å². The van der Waals surface area contributed by atoms with Crippen molar-refractivity contribution < 1.29 is 9.59 Å². The third-order valence-corrected chi connectivity index (χ3v) is 2.31. The number of nitrogens with zero attached hydrogens (tertiary/aromatic N) is 1. The van der Waals surface area contributed by atoms with E-state index in [1.165, 1.54) is 4.90 Å². The molecule has 0 atom stereocenters. The summed E-state index contributed by atoms with van der Waals surface area (Å²) in [5.41, 5.74) is 0.157. The highest BCUT2D eigenvalue weighted by atomic mass is 16.2. The van der Waals surface area contributed by atoms with Gasteiger partial charge in [-0.1, -0.05) is 18.2 Å². The minimum Gasteiger partial charge on any atom is -0.333 e. The molecule has 1 aromatic carbocycles. The van der Waals surface area contributed by atoms with Crippen LogP contribution >= 0.6 is 0 Å². The average molecular weight is 248 g/mol. The molecule has 0 saturated carbocycles. The predicted octanol–water partition coefficient (Wildman–Crippen LogP) is 2.66. The van der Waals surface area contributed by atoms with Gasteiger partial charge in [0.2, 0.25) is 0 Å². The molecule has 4 nitrogen and oxygen atoms in total. The van der Waals surface area contributed by atoms with Crippen LogP contribution in [-0.2, 0) is 0 Å². The summed E-state index contributed by atoms with van der Waals surface area (Å²) in [6.07, 6.45) is 0. The van der Waals surface area contributed by atoms with Crippen LogP contribution in [0.1, 0.15) is 38.1 Å². The number of urea groups is 1. The Morgan fingerprint density at radius 3 is 2.17 bits per heavy atom. The molecular formula is C14H20N2O2. The summed E-state index contributed by atoms with van der Waals surface area (Å²) < 4.78 is 0. The molecule has 0 unspecified atom stereocenters. The second-order valence-corrected chi connectivity index (χ2v) is 5.10. The zero-order chi connectivity index (χ0) is 13.8. The van der Waals surface area contributed by atoms with E-state index in [1.54, 1.807) is 31.2 Å². The first-order chi connectivity index (χ1) is 8.35. The van der Waals surface area contributed by atoms with Crippen molar-refractivity contribution in [1.29, 1.82) is 0 Å². The number of hydrogen-bond acceptors (Lipinski definition) is 2. The van der Waals surface area contributed by atoms with Crippen LogP contribution in [0, 0.1) is 0 Å². The molecule has 0 heterocycles. The molecule has 0 aliphatic heterocycles. The lowest BCUT2D eigenvalue weighted by Gasteiger charge is -2.26. The zero-order valence-corrected chi connectivity index (χ0v) is 11.4. The highest BCUT2D eigenvalue weighted by Crippen LogP contribution is 2.07. The predicted molar refractivity (Wildman–Crippen MR) is 71.4 cm³/mol. The Bertz CT molecular complexity index is 421. The van der Waals surface area contributed by atoms with E-state index in [0.717, 1.165) is 0 Å². The third-order valence-electron chi connectivity index (χ3n) is 2.31. The number of rotatable bonds is 2. The molecule has 1 rings (SSSR count). The van der Waals surface area contributed by atoms with Gasteiger partial charge in [-0.2, -0.15) is 0 Å². The fourth-order valence-electron chi connectivity index (χ4n) is 1.50. The normalized spacial score (nSPS) is 10.9. The van der Waals surface area contributed by atoms with Gasteiger partial charge >= 0.3 is 6.03 Å². The van der Waals surface area contributed by atoms with Crippen molar-refractivity contribution in [2.24, 2.45) is 0 Å². The molecule has 0 spiro atoms. The molecule has 0 fully saturated rings. The number of hydrogen-bond donors (Lipinski definition) is 1. The van der Waals surface area contributed by atoms with E-state index in [1.807, 2.05) is 26.8 Å². The molecule has 0 aliphatic carbocycles. The lowest BCUT2D eigenvalue weighted by molar-refractivity contribution is 0.0802. The number of imide groups is 1. The number of amides is 3. The number of nitrogens with one attached hydrogen (secondary N) is 1. The molecule has 0 saturated heterocycles. The van der Waals surface area contributed by atoms with Crippen molar-refractivity contribution in [3.8, 4) is 0 Å². The topological polar surface area (TPSA) is 49.4 Å². The molecule has 4 heteroatoms. The first kappa shape index (κ1) is 14.2. The lowest BCUT2D eigenvalue weighted by Crippen LogP contribution is -2.50. The van der Waals surface area contributed by atoms with Crippen LogP contribution in [0.2, 0.25) is 0 Å². The average Bonchev–Trinajstić information content (AvgIpc) is 2.28. The Morgan fingerprint density at radius 2 is 1.72 bits per heavy atom. The number of benzene rings is 1. The van der Waals surface area contributed by atoms with E-state index in [9.17, 15) is 9.59 Å². The zero-order valence-electron chi connectivity index (χ0n) is 11.4. The van der Waals surface area contributed by atoms with Crippen molar-refractivity contribution in [3.63, 3.8) is 0 Å². The highest BCUT2D eigenvalue weighted by molar-refractivity contribution is 6.04. The van der Waals surface area contributed by atoms with Crippen LogP contribution < -0.4 is 5.32 Å². The summed E-state index contributed by atoms with van der Waals surface area (Å²) in [5.74, 6) is -0.278.